The van der Waals surface area contributed by atoms with Gasteiger partial charge in [0.1, 0.15) is 17.3 Å². The third kappa shape index (κ3) is 2.50. The minimum absolute atomic E-state index is 0.465. The lowest BCUT2D eigenvalue weighted by Gasteiger charge is -2.18. The number of rotatable bonds is 3. The molecule has 0 saturated heterocycles. The molecule has 0 amide bonds. The Morgan fingerprint density at radius 3 is 2.81 bits per heavy atom. The van der Waals surface area contributed by atoms with Gasteiger partial charge in [0.25, 0.3) is 0 Å². The molecule has 0 spiro atoms. The van der Waals surface area contributed by atoms with Crippen molar-refractivity contribution in [3.63, 3.8) is 0 Å². The van der Waals surface area contributed by atoms with Gasteiger partial charge in [-0.2, -0.15) is 0 Å². The van der Waals surface area contributed by atoms with E-state index >= 15 is 0 Å². The summed E-state index contributed by atoms with van der Waals surface area (Å²) in [5.41, 5.74) is 8.65. The monoisotopic (exact) mass is 287 g/mol. The molecule has 2 aromatic rings. The molecule has 110 valence electrons. The smallest absolute Gasteiger partial charge is 0.165 e. The molecule has 1 aromatic carbocycles. The molecule has 0 fully saturated rings. The van der Waals surface area contributed by atoms with Crippen molar-refractivity contribution in [3.05, 3.63) is 29.5 Å². The number of nitrogen functional groups attached to an aromatic ring is 1. The maximum absolute atomic E-state index is 6.03. The van der Waals surface area contributed by atoms with Crippen molar-refractivity contribution in [1.82, 2.24) is 9.97 Å². The lowest BCUT2D eigenvalue weighted by Crippen LogP contribution is -2.16. The molecular weight excluding hydrogens is 270 g/mol. The van der Waals surface area contributed by atoms with E-state index in [0.29, 0.717) is 30.6 Å². The number of hydrogen-bond donors (Lipinski definition) is 1. The van der Waals surface area contributed by atoms with Gasteiger partial charge in [-0.3, -0.25) is 0 Å². The molecule has 0 aliphatic carbocycles. The average molecular weight is 287 g/mol. The second-order valence-corrected chi connectivity index (χ2v) is 4.73. The zero-order valence-corrected chi connectivity index (χ0v) is 12.0. The Morgan fingerprint density at radius 1 is 1.19 bits per heavy atom. The molecule has 0 unspecified atom stereocenters. The van der Waals surface area contributed by atoms with E-state index in [4.69, 9.17) is 19.9 Å². The number of aromatic nitrogens is 2. The van der Waals surface area contributed by atoms with Crippen molar-refractivity contribution in [3.8, 4) is 22.9 Å². The van der Waals surface area contributed by atoms with Gasteiger partial charge in [-0.25, -0.2) is 9.97 Å². The number of benzene rings is 1. The number of ether oxygens (including phenoxy) is 3. The fourth-order valence-electron chi connectivity index (χ4n) is 2.36. The van der Waals surface area contributed by atoms with Gasteiger partial charge in [-0.1, -0.05) is 0 Å². The van der Waals surface area contributed by atoms with Crippen molar-refractivity contribution in [1.29, 1.82) is 0 Å². The molecule has 1 aliphatic rings. The predicted octanol–water partition coefficient (Wildman–Crippen LogP) is 1.82. The fourth-order valence-corrected chi connectivity index (χ4v) is 2.36. The first-order valence-electron chi connectivity index (χ1n) is 6.68. The summed E-state index contributed by atoms with van der Waals surface area (Å²) in [6, 6.07) is 5.52. The van der Waals surface area contributed by atoms with Crippen LogP contribution in [0.2, 0.25) is 0 Å². The molecule has 21 heavy (non-hydrogen) atoms. The number of hydrogen-bond acceptors (Lipinski definition) is 6. The number of fused-ring (bicyclic) bond motifs is 1. The van der Waals surface area contributed by atoms with E-state index in [0.717, 1.165) is 29.0 Å². The first-order chi connectivity index (χ1) is 10.2. The van der Waals surface area contributed by atoms with Crippen LogP contribution in [-0.2, 0) is 17.8 Å². The summed E-state index contributed by atoms with van der Waals surface area (Å²) in [6.45, 7) is 1.13. The van der Waals surface area contributed by atoms with Gasteiger partial charge in [0, 0.05) is 18.1 Å². The lowest BCUT2D eigenvalue weighted by atomic mass is 10.1. The molecule has 2 N–H and O–H groups in total. The standard InChI is InChI=1S/C15H17N3O3/c1-19-9-3-4-10(13(7-9)20-2)15-17-12-5-6-21-8-11(12)14(16)18-15/h3-4,7H,5-6,8H2,1-2H3,(H2,16,17,18). The molecule has 0 bridgehead atoms. The van der Waals surface area contributed by atoms with E-state index in [1.165, 1.54) is 0 Å². The Balaban J connectivity index is 2.10. The van der Waals surface area contributed by atoms with Crippen LogP contribution in [0.15, 0.2) is 18.2 Å². The maximum atomic E-state index is 6.03. The van der Waals surface area contributed by atoms with E-state index in [2.05, 4.69) is 9.97 Å². The highest BCUT2D eigenvalue weighted by atomic mass is 16.5. The molecule has 0 saturated carbocycles. The second kappa shape index (κ2) is 5.57. The van der Waals surface area contributed by atoms with E-state index < -0.39 is 0 Å². The number of nitrogens with two attached hydrogens (primary N) is 1. The molecule has 0 radical (unpaired) electrons. The number of anilines is 1. The quantitative estimate of drug-likeness (QED) is 0.927. The Bertz CT molecular complexity index is 673. The molecular formula is C15H17N3O3. The topological polar surface area (TPSA) is 79.5 Å². The van der Waals surface area contributed by atoms with Crippen LogP contribution in [0.25, 0.3) is 11.4 Å². The van der Waals surface area contributed by atoms with E-state index in [-0.39, 0.29) is 0 Å². The largest absolute Gasteiger partial charge is 0.497 e. The maximum Gasteiger partial charge on any atom is 0.165 e. The van der Waals surface area contributed by atoms with Crippen molar-refractivity contribution in [2.75, 3.05) is 26.6 Å². The third-order valence-corrected chi connectivity index (χ3v) is 3.50. The third-order valence-electron chi connectivity index (χ3n) is 3.50. The van der Waals surface area contributed by atoms with Gasteiger partial charge in [0.05, 0.1) is 38.7 Å². The van der Waals surface area contributed by atoms with Gasteiger partial charge in [0.15, 0.2) is 5.82 Å². The Labute approximate surface area is 122 Å². The van der Waals surface area contributed by atoms with Crippen LogP contribution in [0.5, 0.6) is 11.5 Å². The van der Waals surface area contributed by atoms with Crippen LogP contribution < -0.4 is 15.2 Å². The molecule has 6 heteroatoms. The predicted molar refractivity (Wildman–Crippen MR) is 78.3 cm³/mol. The molecule has 1 aromatic heterocycles. The van der Waals surface area contributed by atoms with Gasteiger partial charge in [0.2, 0.25) is 0 Å². The van der Waals surface area contributed by atoms with E-state index in [1.54, 1.807) is 20.3 Å². The fraction of sp³-hybridized carbons (Fsp3) is 0.333. The van der Waals surface area contributed by atoms with E-state index in [9.17, 15) is 0 Å². The Kier molecular flexibility index (Phi) is 3.62. The number of methoxy groups -OCH3 is 2. The van der Waals surface area contributed by atoms with Gasteiger partial charge >= 0.3 is 0 Å². The highest BCUT2D eigenvalue weighted by molar-refractivity contribution is 5.67. The summed E-state index contributed by atoms with van der Waals surface area (Å²) in [6.07, 6.45) is 0.744. The first-order valence-corrected chi connectivity index (χ1v) is 6.68. The summed E-state index contributed by atoms with van der Waals surface area (Å²) in [7, 11) is 3.22. The molecule has 2 heterocycles. The SMILES string of the molecule is COc1ccc(-c2nc(N)c3c(n2)CCOC3)c(OC)c1. The average Bonchev–Trinajstić information content (AvgIpc) is 2.54. The highest BCUT2D eigenvalue weighted by Gasteiger charge is 2.19. The first kappa shape index (κ1) is 13.6. The van der Waals surface area contributed by atoms with E-state index in [1.807, 2.05) is 12.1 Å². The second-order valence-electron chi connectivity index (χ2n) is 4.73. The summed E-state index contributed by atoms with van der Waals surface area (Å²) in [5, 5.41) is 0. The van der Waals surface area contributed by atoms with Crippen LogP contribution in [0, 0.1) is 0 Å². The summed E-state index contributed by atoms with van der Waals surface area (Å²) in [5.74, 6) is 2.40. The van der Waals surface area contributed by atoms with Crippen molar-refractivity contribution in [2.24, 2.45) is 0 Å². The van der Waals surface area contributed by atoms with Crippen LogP contribution in [0.1, 0.15) is 11.3 Å². The Morgan fingerprint density at radius 2 is 2.05 bits per heavy atom. The van der Waals surface area contributed by atoms with Crippen LogP contribution >= 0.6 is 0 Å². The summed E-state index contributed by atoms with van der Waals surface area (Å²) >= 11 is 0. The van der Waals surface area contributed by atoms with Gasteiger partial charge < -0.3 is 19.9 Å². The zero-order chi connectivity index (χ0) is 14.8. The minimum atomic E-state index is 0.465. The lowest BCUT2D eigenvalue weighted by molar-refractivity contribution is 0.109. The number of nitrogens with zero attached hydrogens (tertiary/aromatic N) is 2. The minimum Gasteiger partial charge on any atom is -0.497 e. The molecule has 3 rings (SSSR count). The molecule has 0 atom stereocenters. The summed E-state index contributed by atoms with van der Waals surface area (Å²) in [4.78, 5) is 9.00. The Hall–Kier alpha value is -2.34. The normalized spacial score (nSPS) is 13.6. The van der Waals surface area contributed by atoms with Gasteiger partial charge in [-0.05, 0) is 12.1 Å². The van der Waals surface area contributed by atoms with Crippen LogP contribution in [0.3, 0.4) is 0 Å². The van der Waals surface area contributed by atoms with Crippen molar-refractivity contribution in [2.45, 2.75) is 13.0 Å². The van der Waals surface area contributed by atoms with Gasteiger partial charge in [-0.15, -0.1) is 0 Å². The van der Waals surface area contributed by atoms with Crippen molar-refractivity contribution < 1.29 is 14.2 Å². The van der Waals surface area contributed by atoms with Crippen LogP contribution in [-0.4, -0.2) is 30.8 Å². The summed E-state index contributed by atoms with van der Waals surface area (Å²) < 4.78 is 16.0. The van der Waals surface area contributed by atoms with Crippen LogP contribution in [0.4, 0.5) is 5.82 Å². The molecule has 6 nitrogen and oxygen atoms in total. The zero-order valence-electron chi connectivity index (χ0n) is 12.0. The highest BCUT2D eigenvalue weighted by Crippen LogP contribution is 2.33. The van der Waals surface area contributed by atoms with Crippen molar-refractivity contribution >= 4 is 5.82 Å². The molecule has 1 aliphatic heterocycles.